The van der Waals surface area contributed by atoms with Crippen LogP contribution in [0.15, 0.2) is 70.5 Å². The lowest BCUT2D eigenvalue weighted by atomic mass is 10.2. The number of amides is 1. The molecule has 13 heteroatoms. The average molecular weight is 521 g/mol. The van der Waals surface area contributed by atoms with Crippen molar-refractivity contribution < 1.29 is 9.32 Å². The van der Waals surface area contributed by atoms with Crippen molar-refractivity contribution in [3.05, 3.63) is 94.2 Å². The fourth-order valence-electron chi connectivity index (χ4n) is 4.19. The van der Waals surface area contributed by atoms with E-state index < -0.39 is 17.5 Å². The number of aromatic nitrogens is 8. The lowest BCUT2D eigenvalue weighted by molar-refractivity contribution is 0.0940. The molecule has 0 spiro atoms. The van der Waals surface area contributed by atoms with E-state index in [2.05, 4.69) is 42.5 Å². The number of nitrogens with one attached hydrogen (secondary N) is 1. The van der Waals surface area contributed by atoms with Crippen molar-refractivity contribution in [2.45, 2.75) is 13.0 Å². The van der Waals surface area contributed by atoms with Gasteiger partial charge in [0.05, 0.1) is 23.5 Å². The molecule has 0 fully saturated rings. The van der Waals surface area contributed by atoms with Crippen LogP contribution >= 0.6 is 0 Å². The number of nitrogens with two attached hydrogens (primary N) is 1. The van der Waals surface area contributed by atoms with Crippen LogP contribution in [0.5, 0.6) is 0 Å². The van der Waals surface area contributed by atoms with Crippen LogP contribution in [0.3, 0.4) is 0 Å². The van der Waals surface area contributed by atoms with Crippen molar-refractivity contribution in [3.63, 3.8) is 0 Å². The number of nitrogens with zero attached hydrogens (tertiary/aromatic N) is 8. The number of fused-ring (bicyclic) bond motifs is 2. The summed E-state index contributed by atoms with van der Waals surface area (Å²) in [5.41, 5.74) is 7.32. The number of benzene rings is 1. The lowest BCUT2D eigenvalue weighted by Crippen LogP contribution is -2.33. The second-order valence-corrected chi connectivity index (χ2v) is 8.65. The number of hydrogen-bond acceptors (Lipinski definition) is 9. The van der Waals surface area contributed by atoms with Crippen LogP contribution in [-0.2, 0) is 7.05 Å². The van der Waals surface area contributed by atoms with Gasteiger partial charge in [0, 0.05) is 25.6 Å². The summed E-state index contributed by atoms with van der Waals surface area (Å²) >= 11 is 0. The van der Waals surface area contributed by atoms with Gasteiger partial charge in [0.1, 0.15) is 16.8 Å². The highest BCUT2D eigenvalue weighted by molar-refractivity contribution is 6.04. The van der Waals surface area contributed by atoms with E-state index >= 15 is 0 Å². The number of para-hydroxylation sites is 1. The van der Waals surface area contributed by atoms with Crippen LogP contribution in [0.4, 0.5) is 5.82 Å². The zero-order valence-electron chi connectivity index (χ0n) is 20.7. The average Bonchev–Trinajstić information content (AvgIpc) is 3.63. The van der Waals surface area contributed by atoms with E-state index in [1.54, 1.807) is 67.6 Å². The maximum Gasteiger partial charge on any atom is 0.272 e. The first kappa shape index (κ1) is 23.6. The number of hydrogen-bond donors (Lipinski definition) is 2. The molecule has 192 valence electrons. The van der Waals surface area contributed by atoms with E-state index in [4.69, 9.17) is 10.3 Å². The zero-order valence-corrected chi connectivity index (χ0v) is 20.7. The molecule has 1 aromatic carbocycles. The van der Waals surface area contributed by atoms with Crippen LogP contribution in [0.2, 0.25) is 0 Å². The van der Waals surface area contributed by atoms with E-state index in [1.807, 2.05) is 6.07 Å². The van der Waals surface area contributed by atoms with Crippen LogP contribution in [0, 0.1) is 11.8 Å². The monoisotopic (exact) mass is 520 g/mol. The Kier molecular flexibility index (Phi) is 5.61. The molecule has 0 aliphatic heterocycles. The van der Waals surface area contributed by atoms with Gasteiger partial charge in [-0.1, -0.05) is 29.3 Å². The Labute approximate surface area is 219 Å². The number of anilines is 1. The summed E-state index contributed by atoms with van der Waals surface area (Å²) in [6, 6.07) is 9.85. The summed E-state index contributed by atoms with van der Waals surface area (Å²) in [5, 5.41) is 15.2. The SMILES string of the molecule is C[C@@H](NC(=O)c1c(N)nn2cccnc12)c1nc2onc(C#Cc3cnn(C)c3)c2c(=O)n1-c1ccccc1. The van der Waals surface area contributed by atoms with Gasteiger partial charge < -0.3 is 15.6 Å². The third-order valence-electron chi connectivity index (χ3n) is 5.97. The van der Waals surface area contributed by atoms with Gasteiger partial charge in [-0.2, -0.15) is 10.1 Å². The minimum absolute atomic E-state index is 0.00377. The molecule has 6 aromatic rings. The Morgan fingerprint density at radius 3 is 2.77 bits per heavy atom. The second-order valence-electron chi connectivity index (χ2n) is 8.65. The summed E-state index contributed by atoms with van der Waals surface area (Å²) in [5.74, 6) is 5.53. The molecule has 6 rings (SSSR count). The molecular weight excluding hydrogens is 500 g/mol. The van der Waals surface area contributed by atoms with Crippen molar-refractivity contribution in [1.82, 2.24) is 44.4 Å². The predicted octanol–water partition coefficient (Wildman–Crippen LogP) is 1.62. The van der Waals surface area contributed by atoms with Gasteiger partial charge >= 0.3 is 0 Å². The van der Waals surface area contributed by atoms with Crippen LogP contribution in [-0.4, -0.2) is 45.0 Å². The number of carbonyl (C=O) groups is 1. The summed E-state index contributed by atoms with van der Waals surface area (Å²) in [7, 11) is 1.78. The molecule has 0 radical (unpaired) electrons. The van der Waals surface area contributed by atoms with Gasteiger partial charge in [-0.25, -0.2) is 9.50 Å². The molecule has 39 heavy (non-hydrogen) atoms. The van der Waals surface area contributed by atoms with Gasteiger partial charge in [0.15, 0.2) is 17.2 Å². The largest absolute Gasteiger partial charge is 0.381 e. The third kappa shape index (κ3) is 4.15. The van der Waals surface area contributed by atoms with E-state index in [-0.39, 0.29) is 34.0 Å². The van der Waals surface area contributed by atoms with Crippen LogP contribution < -0.4 is 16.6 Å². The van der Waals surface area contributed by atoms with E-state index in [0.29, 0.717) is 16.9 Å². The Hall–Kier alpha value is -5.77. The topological polar surface area (TPSA) is 164 Å². The van der Waals surface area contributed by atoms with E-state index in [1.165, 1.54) is 15.3 Å². The molecule has 0 unspecified atom stereocenters. The maximum absolute atomic E-state index is 13.9. The van der Waals surface area contributed by atoms with Gasteiger partial charge in [0.25, 0.3) is 17.2 Å². The summed E-state index contributed by atoms with van der Waals surface area (Å²) < 4.78 is 9.84. The Bertz CT molecular complexity index is 1990. The van der Waals surface area contributed by atoms with E-state index in [0.717, 1.165) is 0 Å². The molecule has 0 aliphatic rings. The number of rotatable bonds is 4. The van der Waals surface area contributed by atoms with Crippen LogP contribution in [0.25, 0.3) is 22.4 Å². The zero-order chi connectivity index (χ0) is 27.1. The quantitative estimate of drug-likeness (QED) is 0.329. The fourth-order valence-corrected chi connectivity index (χ4v) is 4.19. The van der Waals surface area contributed by atoms with Crippen molar-refractivity contribution in [1.29, 1.82) is 0 Å². The first-order valence-corrected chi connectivity index (χ1v) is 11.8. The fraction of sp³-hybridized carbons (Fsp3) is 0.115. The Morgan fingerprint density at radius 2 is 2.00 bits per heavy atom. The van der Waals surface area contributed by atoms with Gasteiger partial charge in [-0.3, -0.25) is 18.8 Å². The molecule has 0 aliphatic carbocycles. The highest BCUT2D eigenvalue weighted by atomic mass is 16.5. The molecule has 1 atom stereocenters. The Balaban J connectivity index is 1.45. The maximum atomic E-state index is 13.9. The predicted molar refractivity (Wildman–Crippen MR) is 140 cm³/mol. The van der Waals surface area contributed by atoms with Crippen LogP contribution in [0.1, 0.15) is 40.4 Å². The first-order valence-electron chi connectivity index (χ1n) is 11.8. The molecule has 3 N–H and O–H groups in total. The molecule has 0 saturated carbocycles. The summed E-state index contributed by atoms with van der Waals surface area (Å²) in [6.07, 6.45) is 6.52. The van der Waals surface area contributed by atoms with Crippen molar-refractivity contribution in [2.24, 2.45) is 7.05 Å². The lowest BCUT2D eigenvalue weighted by Gasteiger charge is -2.18. The minimum Gasteiger partial charge on any atom is -0.381 e. The van der Waals surface area contributed by atoms with Crippen molar-refractivity contribution >= 4 is 28.5 Å². The second kappa shape index (κ2) is 9.27. The van der Waals surface area contributed by atoms with E-state index in [9.17, 15) is 9.59 Å². The summed E-state index contributed by atoms with van der Waals surface area (Å²) in [4.78, 5) is 36.0. The molecule has 1 amide bonds. The first-order chi connectivity index (χ1) is 18.9. The van der Waals surface area contributed by atoms with Gasteiger partial charge in [0.2, 0.25) is 0 Å². The molecule has 0 saturated heterocycles. The normalized spacial score (nSPS) is 11.8. The standard InChI is InChI=1S/C26H20N10O3/c1-15(30-24(37)20-21(27)32-35-12-6-11-28-23(20)35)22-31-25-19(26(38)36(22)17-7-4-3-5-8-17)18(33-39-25)10-9-16-13-29-34(2)14-16/h3-8,11-15H,1-2H3,(H2,27,32)(H,30,37)/t15-/m1/s1. The highest BCUT2D eigenvalue weighted by Crippen LogP contribution is 2.22. The van der Waals surface area contributed by atoms with Crippen molar-refractivity contribution in [2.75, 3.05) is 5.73 Å². The highest BCUT2D eigenvalue weighted by Gasteiger charge is 2.26. The third-order valence-corrected chi connectivity index (χ3v) is 5.97. The van der Waals surface area contributed by atoms with Crippen molar-refractivity contribution in [3.8, 4) is 17.5 Å². The molecule has 0 bridgehead atoms. The smallest absolute Gasteiger partial charge is 0.272 e. The summed E-state index contributed by atoms with van der Waals surface area (Å²) in [6.45, 7) is 1.69. The molecule has 5 heterocycles. The molecule has 13 nitrogen and oxygen atoms in total. The number of aryl methyl sites for hydroxylation is 1. The Morgan fingerprint density at radius 1 is 1.18 bits per heavy atom. The molecular formula is C26H20N10O3. The number of carbonyl (C=O) groups excluding carboxylic acids is 1. The minimum atomic E-state index is -0.761. The van der Waals surface area contributed by atoms with Gasteiger partial charge in [-0.15, -0.1) is 5.10 Å². The number of nitrogen functional groups attached to an aromatic ring is 1. The van der Waals surface area contributed by atoms with Gasteiger partial charge in [-0.05, 0) is 31.0 Å². The molecule has 5 aromatic heterocycles.